The number of hydrogen-bond acceptors (Lipinski definition) is 6. The van der Waals surface area contributed by atoms with Gasteiger partial charge in [0.15, 0.2) is 0 Å². The first kappa shape index (κ1) is 21.1. The van der Waals surface area contributed by atoms with Crippen molar-refractivity contribution in [3.05, 3.63) is 78.2 Å². The highest BCUT2D eigenvalue weighted by Crippen LogP contribution is 2.24. The van der Waals surface area contributed by atoms with Crippen molar-refractivity contribution in [1.29, 1.82) is 5.41 Å². The summed E-state index contributed by atoms with van der Waals surface area (Å²) in [5, 5.41) is 11.9. The number of nitrogens with one attached hydrogen (secondary N) is 2. The second kappa shape index (κ2) is 9.75. The lowest BCUT2D eigenvalue weighted by Crippen LogP contribution is -2.53. The van der Waals surface area contributed by atoms with Crippen LogP contribution < -0.4 is 10.1 Å². The van der Waals surface area contributed by atoms with Gasteiger partial charge >= 0.3 is 0 Å². The average molecular weight is 425 g/mol. The molecule has 1 saturated heterocycles. The molecule has 2 N–H and O–H groups in total. The van der Waals surface area contributed by atoms with Crippen LogP contribution in [0, 0.1) is 17.3 Å². The number of carbonyl (C=O) groups is 1. The summed E-state index contributed by atoms with van der Waals surface area (Å²) in [5.41, 5.74) is 1.62. The van der Waals surface area contributed by atoms with Crippen LogP contribution in [0.25, 0.3) is 0 Å². The molecule has 4 rings (SSSR count). The lowest BCUT2D eigenvalue weighted by molar-refractivity contribution is -0.131. The Hall–Kier alpha value is -4.18. The molecule has 0 aliphatic carbocycles. The molecule has 1 fully saturated rings. The number of likely N-dealkylation sites (tertiary alicyclic amines) is 1. The van der Waals surface area contributed by atoms with Crippen LogP contribution in [-0.4, -0.2) is 45.6 Å². The van der Waals surface area contributed by atoms with Crippen LogP contribution in [0.4, 0.5) is 5.82 Å². The summed E-state index contributed by atoms with van der Waals surface area (Å²) in [6, 6.07) is 17.0. The van der Waals surface area contributed by atoms with Crippen molar-refractivity contribution in [1.82, 2.24) is 14.9 Å². The van der Waals surface area contributed by atoms with Crippen LogP contribution in [0.15, 0.2) is 67.1 Å². The predicted octanol–water partition coefficient (Wildman–Crippen LogP) is 3.72. The van der Waals surface area contributed by atoms with Gasteiger partial charge in [0.25, 0.3) is 5.91 Å². The fourth-order valence-corrected chi connectivity index (χ4v) is 3.44. The molecular weight excluding hydrogens is 402 g/mol. The van der Waals surface area contributed by atoms with E-state index in [1.165, 1.54) is 6.33 Å². The van der Waals surface area contributed by atoms with Gasteiger partial charge in [-0.15, -0.1) is 0 Å². The van der Waals surface area contributed by atoms with Crippen molar-refractivity contribution in [3.63, 3.8) is 0 Å². The maximum atomic E-state index is 12.0. The standard InChI is InChI=1S/C25H23N5O2/c1-2-6-23(31)30-14-13-19(30)15-28-25-22(16-27-17-29-25)24(26)18-9-11-21(12-10-18)32-20-7-4-3-5-8-20/h3-5,7-12,16-17,19,26H,13-15H2,1H3,(H,27,28,29)/t19-/m0/s1. The smallest absolute Gasteiger partial charge is 0.298 e. The molecule has 1 aliphatic heterocycles. The minimum Gasteiger partial charge on any atom is -0.457 e. The molecule has 2 aromatic carbocycles. The van der Waals surface area contributed by atoms with Crippen LogP contribution in [0.5, 0.6) is 11.5 Å². The van der Waals surface area contributed by atoms with Crippen LogP contribution in [-0.2, 0) is 4.79 Å². The van der Waals surface area contributed by atoms with Gasteiger partial charge in [-0.05, 0) is 55.7 Å². The number of anilines is 1. The monoisotopic (exact) mass is 425 g/mol. The molecule has 0 spiro atoms. The van der Waals surface area contributed by atoms with E-state index in [-0.39, 0.29) is 11.9 Å². The number of carbonyl (C=O) groups excluding carboxylic acids is 1. The van der Waals surface area contributed by atoms with Crippen molar-refractivity contribution >= 4 is 17.4 Å². The van der Waals surface area contributed by atoms with Crippen LogP contribution >= 0.6 is 0 Å². The molecule has 0 bridgehead atoms. The number of rotatable bonds is 7. The van der Waals surface area contributed by atoms with Gasteiger partial charge in [0.05, 0.1) is 17.3 Å². The maximum absolute atomic E-state index is 12.0. The van der Waals surface area contributed by atoms with Crippen LogP contribution in [0.2, 0.25) is 0 Å². The van der Waals surface area contributed by atoms with E-state index in [1.807, 2.05) is 54.6 Å². The van der Waals surface area contributed by atoms with Gasteiger partial charge in [-0.3, -0.25) is 10.2 Å². The zero-order valence-corrected chi connectivity index (χ0v) is 17.7. The Kier molecular flexibility index (Phi) is 6.42. The lowest BCUT2D eigenvalue weighted by Gasteiger charge is -2.39. The maximum Gasteiger partial charge on any atom is 0.298 e. The van der Waals surface area contributed by atoms with E-state index in [1.54, 1.807) is 18.0 Å². The van der Waals surface area contributed by atoms with Crippen molar-refractivity contribution in [2.75, 3.05) is 18.4 Å². The molecule has 7 nitrogen and oxygen atoms in total. The van der Waals surface area contributed by atoms with Gasteiger partial charge in [-0.2, -0.15) is 0 Å². The SMILES string of the molecule is CC#CC(=O)N1CC[C@H]1CNc1ncncc1C(=N)c1ccc(Oc2ccccc2)cc1. The molecule has 1 aromatic heterocycles. The molecule has 0 radical (unpaired) electrons. The number of para-hydroxylation sites is 1. The third-order valence-electron chi connectivity index (χ3n) is 5.25. The van der Waals surface area contributed by atoms with Gasteiger partial charge in [-0.25, -0.2) is 9.97 Å². The Morgan fingerprint density at radius 2 is 1.94 bits per heavy atom. The normalized spacial score (nSPS) is 14.5. The first-order valence-corrected chi connectivity index (χ1v) is 10.3. The average Bonchev–Trinajstić information content (AvgIpc) is 2.80. The minimum absolute atomic E-state index is 0.0646. The third-order valence-corrected chi connectivity index (χ3v) is 5.25. The van der Waals surface area contributed by atoms with E-state index in [0.717, 1.165) is 17.7 Å². The fourth-order valence-electron chi connectivity index (χ4n) is 3.44. The van der Waals surface area contributed by atoms with Gasteiger partial charge < -0.3 is 15.0 Å². The highest BCUT2D eigenvalue weighted by molar-refractivity contribution is 6.13. The number of hydrogen-bond donors (Lipinski definition) is 2. The summed E-state index contributed by atoms with van der Waals surface area (Å²) in [6.07, 6.45) is 3.98. The van der Waals surface area contributed by atoms with Gasteiger partial charge in [0, 0.05) is 24.8 Å². The van der Waals surface area contributed by atoms with Gasteiger partial charge in [-0.1, -0.05) is 24.1 Å². The Bertz CT molecular complexity index is 1170. The molecule has 1 atom stereocenters. The number of amides is 1. The molecule has 2 heterocycles. The highest BCUT2D eigenvalue weighted by atomic mass is 16.5. The number of benzene rings is 2. The summed E-state index contributed by atoms with van der Waals surface area (Å²) in [5.74, 6) is 7.10. The first-order chi connectivity index (χ1) is 15.7. The number of ether oxygens (including phenoxy) is 1. The predicted molar refractivity (Wildman–Crippen MR) is 123 cm³/mol. The molecule has 1 aliphatic rings. The highest BCUT2D eigenvalue weighted by Gasteiger charge is 2.31. The summed E-state index contributed by atoms with van der Waals surface area (Å²) < 4.78 is 5.82. The molecule has 32 heavy (non-hydrogen) atoms. The fraction of sp³-hybridized carbons (Fsp3) is 0.200. The van der Waals surface area contributed by atoms with E-state index in [0.29, 0.717) is 35.9 Å². The molecule has 160 valence electrons. The topological polar surface area (TPSA) is 91.2 Å². The third kappa shape index (κ3) is 4.76. The second-order valence-corrected chi connectivity index (χ2v) is 7.30. The van der Waals surface area contributed by atoms with Gasteiger partial charge in [0.2, 0.25) is 0 Å². The zero-order chi connectivity index (χ0) is 22.3. The quantitative estimate of drug-likeness (QED) is 0.445. The van der Waals surface area contributed by atoms with E-state index in [2.05, 4.69) is 27.1 Å². The Morgan fingerprint density at radius 3 is 2.62 bits per heavy atom. The van der Waals surface area contributed by atoms with Crippen molar-refractivity contribution < 1.29 is 9.53 Å². The summed E-state index contributed by atoms with van der Waals surface area (Å²) in [7, 11) is 0. The lowest BCUT2D eigenvalue weighted by atomic mass is 10.0. The Balaban J connectivity index is 1.43. The molecule has 3 aromatic rings. The molecular formula is C25H23N5O2. The van der Waals surface area contributed by atoms with Crippen LogP contribution in [0.3, 0.4) is 0 Å². The molecule has 0 saturated carbocycles. The van der Waals surface area contributed by atoms with E-state index >= 15 is 0 Å². The summed E-state index contributed by atoms with van der Waals surface area (Å²) in [6.45, 7) is 2.91. The number of nitrogens with zero attached hydrogens (tertiary/aromatic N) is 3. The second-order valence-electron chi connectivity index (χ2n) is 7.30. The minimum atomic E-state index is -0.154. The van der Waals surface area contributed by atoms with E-state index in [4.69, 9.17) is 10.1 Å². The van der Waals surface area contributed by atoms with Gasteiger partial charge in [0.1, 0.15) is 23.6 Å². The van der Waals surface area contributed by atoms with E-state index < -0.39 is 0 Å². The van der Waals surface area contributed by atoms with Crippen LogP contribution in [0.1, 0.15) is 24.5 Å². The molecule has 7 heteroatoms. The summed E-state index contributed by atoms with van der Waals surface area (Å²) in [4.78, 5) is 22.2. The van der Waals surface area contributed by atoms with Crippen molar-refractivity contribution in [2.24, 2.45) is 0 Å². The van der Waals surface area contributed by atoms with Crippen molar-refractivity contribution in [3.8, 4) is 23.3 Å². The van der Waals surface area contributed by atoms with Crippen molar-refractivity contribution in [2.45, 2.75) is 19.4 Å². The largest absolute Gasteiger partial charge is 0.457 e. The zero-order valence-electron chi connectivity index (χ0n) is 17.7. The number of aromatic nitrogens is 2. The Labute approximate surface area is 187 Å². The summed E-state index contributed by atoms with van der Waals surface area (Å²) >= 11 is 0. The van der Waals surface area contributed by atoms with E-state index in [9.17, 15) is 4.79 Å². The first-order valence-electron chi connectivity index (χ1n) is 10.3. The molecule has 1 amide bonds. The Morgan fingerprint density at radius 1 is 1.19 bits per heavy atom. The molecule has 0 unspecified atom stereocenters.